The van der Waals surface area contributed by atoms with Crippen LogP contribution < -0.4 is 5.32 Å². The van der Waals surface area contributed by atoms with Crippen LogP contribution in [0.1, 0.15) is 25.3 Å². The fourth-order valence-electron chi connectivity index (χ4n) is 1.60. The van der Waals surface area contributed by atoms with Crippen molar-refractivity contribution in [2.45, 2.75) is 32.9 Å². The summed E-state index contributed by atoms with van der Waals surface area (Å²) in [7, 11) is 4.21. The summed E-state index contributed by atoms with van der Waals surface area (Å²) in [6.45, 7) is 6.32. The molecule has 0 atom stereocenters. The van der Waals surface area contributed by atoms with Crippen LogP contribution in [0.3, 0.4) is 0 Å². The molecule has 16 heavy (non-hydrogen) atoms. The Kier molecular flexibility index (Phi) is 6.11. The van der Waals surface area contributed by atoms with Crippen LogP contribution in [0, 0.1) is 0 Å². The van der Waals surface area contributed by atoms with Gasteiger partial charge in [-0.05, 0) is 40.0 Å². The molecule has 0 spiro atoms. The lowest BCUT2D eigenvalue weighted by atomic mass is 10.3. The second-order valence-corrected chi connectivity index (χ2v) is 4.45. The van der Waals surface area contributed by atoms with Gasteiger partial charge < -0.3 is 10.2 Å². The summed E-state index contributed by atoms with van der Waals surface area (Å²) in [4.78, 5) is 2.21. The molecule has 4 heteroatoms. The van der Waals surface area contributed by atoms with E-state index in [0.717, 1.165) is 32.6 Å². The minimum atomic E-state index is 0.928. The predicted molar refractivity (Wildman–Crippen MR) is 67.4 cm³/mol. The first-order chi connectivity index (χ1) is 7.72. The van der Waals surface area contributed by atoms with Gasteiger partial charge in [0.25, 0.3) is 0 Å². The summed E-state index contributed by atoms with van der Waals surface area (Å²) in [5, 5.41) is 7.73. The van der Waals surface area contributed by atoms with Crippen molar-refractivity contribution in [3.05, 3.63) is 18.0 Å². The molecule has 0 fully saturated rings. The van der Waals surface area contributed by atoms with Crippen LogP contribution in [0.5, 0.6) is 0 Å². The SMILES string of the molecule is CCCn1cc(CNCCCN(C)C)cn1. The van der Waals surface area contributed by atoms with Gasteiger partial charge >= 0.3 is 0 Å². The fraction of sp³-hybridized carbons (Fsp3) is 0.750. The Hall–Kier alpha value is -0.870. The fourth-order valence-corrected chi connectivity index (χ4v) is 1.60. The lowest BCUT2D eigenvalue weighted by Gasteiger charge is -2.09. The van der Waals surface area contributed by atoms with Crippen LogP contribution >= 0.6 is 0 Å². The maximum Gasteiger partial charge on any atom is 0.0534 e. The molecule has 0 bridgehead atoms. The van der Waals surface area contributed by atoms with E-state index in [1.165, 1.54) is 12.0 Å². The largest absolute Gasteiger partial charge is 0.313 e. The number of aryl methyl sites for hydroxylation is 1. The van der Waals surface area contributed by atoms with Gasteiger partial charge in [0, 0.05) is 24.8 Å². The van der Waals surface area contributed by atoms with E-state index in [0.29, 0.717) is 0 Å². The second kappa shape index (κ2) is 7.41. The predicted octanol–water partition coefficient (Wildman–Crippen LogP) is 1.33. The van der Waals surface area contributed by atoms with Crippen molar-refractivity contribution in [1.29, 1.82) is 0 Å². The van der Waals surface area contributed by atoms with Gasteiger partial charge in [-0.2, -0.15) is 5.10 Å². The van der Waals surface area contributed by atoms with Crippen molar-refractivity contribution in [2.75, 3.05) is 27.2 Å². The van der Waals surface area contributed by atoms with Gasteiger partial charge in [-0.25, -0.2) is 0 Å². The molecular formula is C12H24N4. The van der Waals surface area contributed by atoms with Crippen molar-refractivity contribution in [3.63, 3.8) is 0 Å². The highest BCUT2D eigenvalue weighted by Gasteiger charge is 1.97. The number of aromatic nitrogens is 2. The third-order valence-corrected chi connectivity index (χ3v) is 2.43. The summed E-state index contributed by atoms with van der Waals surface area (Å²) < 4.78 is 2.01. The Morgan fingerprint density at radius 1 is 1.44 bits per heavy atom. The van der Waals surface area contributed by atoms with Crippen LogP contribution in [-0.4, -0.2) is 41.9 Å². The number of hydrogen-bond donors (Lipinski definition) is 1. The van der Waals surface area contributed by atoms with Crippen molar-refractivity contribution >= 4 is 0 Å². The molecule has 0 unspecified atom stereocenters. The molecule has 1 aromatic rings. The maximum atomic E-state index is 4.30. The minimum absolute atomic E-state index is 0.928. The smallest absolute Gasteiger partial charge is 0.0534 e. The Balaban J connectivity index is 2.12. The molecule has 1 rings (SSSR count). The molecule has 92 valence electrons. The minimum Gasteiger partial charge on any atom is -0.313 e. The van der Waals surface area contributed by atoms with Gasteiger partial charge in [-0.1, -0.05) is 6.92 Å². The zero-order valence-electron chi connectivity index (χ0n) is 10.7. The average molecular weight is 224 g/mol. The molecule has 1 heterocycles. The van der Waals surface area contributed by atoms with Crippen molar-refractivity contribution in [3.8, 4) is 0 Å². The van der Waals surface area contributed by atoms with Gasteiger partial charge in [-0.15, -0.1) is 0 Å². The number of rotatable bonds is 8. The monoisotopic (exact) mass is 224 g/mol. The van der Waals surface area contributed by atoms with Crippen molar-refractivity contribution in [2.24, 2.45) is 0 Å². The van der Waals surface area contributed by atoms with E-state index in [1.807, 2.05) is 10.9 Å². The van der Waals surface area contributed by atoms with Crippen LogP contribution in [-0.2, 0) is 13.1 Å². The van der Waals surface area contributed by atoms with Crippen LogP contribution in [0.25, 0.3) is 0 Å². The third-order valence-electron chi connectivity index (χ3n) is 2.43. The van der Waals surface area contributed by atoms with Crippen LogP contribution in [0.15, 0.2) is 12.4 Å². The first-order valence-corrected chi connectivity index (χ1v) is 6.09. The first kappa shape index (κ1) is 13.2. The molecule has 0 aliphatic heterocycles. The van der Waals surface area contributed by atoms with Gasteiger partial charge in [0.2, 0.25) is 0 Å². The molecule has 0 amide bonds. The van der Waals surface area contributed by atoms with Crippen LogP contribution in [0.2, 0.25) is 0 Å². The third kappa shape index (κ3) is 5.28. The lowest BCUT2D eigenvalue weighted by molar-refractivity contribution is 0.394. The van der Waals surface area contributed by atoms with Gasteiger partial charge in [0.05, 0.1) is 6.20 Å². The standard InChI is InChI=1S/C12H24N4/c1-4-7-16-11-12(10-14-16)9-13-6-5-8-15(2)3/h10-11,13H,4-9H2,1-3H3. The maximum absolute atomic E-state index is 4.30. The zero-order chi connectivity index (χ0) is 11.8. The topological polar surface area (TPSA) is 33.1 Å². The highest BCUT2D eigenvalue weighted by molar-refractivity contribution is 5.03. The molecule has 0 radical (unpaired) electrons. The van der Waals surface area contributed by atoms with Crippen LogP contribution in [0.4, 0.5) is 0 Å². The lowest BCUT2D eigenvalue weighted by Crippen LogP contribution is -2.20. The van der Waals surface area contributed by atoms with Gasteiger partial charge in [0.15, 0.2) is 0 Å². The Bertz CT molecular complexity index is 280. The molecule has 0 aliphatic carbocycles. The second-order valence-electron chi connectivity index (χ2n) is 4.45. The molecule has 0 aliphatic rings. The van der Waals surface area contributed by atoms with E-state index in [-0.39, 0.29) is 0 Å². The van der Waals surface area contributed by atoms with E-state index in [1.54, 1.807) is 0 Å². The molecule has 0 saturated heterocycles. The zero-order valence-corrected chi connectivity index (χ0v) is 10.7. The Labute approximate surface area is 98.6 Å². The molecule has 0 aromatic carbocycles. The van der Waals surface area contributed by atoms with E-state index >= 15 is 0 Å². The Morgan fingerprint density at radius 2 is 2.25 bits per heavy atom. The molecule has 0 saturated carbocycles. The first-order valence-electron chi connectivity index (χ1n) is 6.09. The summed E-state index contributed by atoms with van der Waals surface area (Å²) in [6.07, 6.45) is 6.41. The summed E-state index contributed by atoms with van der Waals surface area (Å²) in [5.74, 6) is 0. The summed E-state index contributed by atoms with van der Waals surface area (Å²) in [6, 6.07) is 0. The van der Waals surface area contributed by atoms with Crippen molar-refractivity contribution in [1.82, 2.24) is 20.0 Å². The van der Waals surface area contributed by atoms with E-state index in [2.05, 4.69) is 42.5 Å². The molecular weight excluding hydrogens is 200 g/mol. The van der Waals surface area contributed by atoms with E-state index in [9.17, 15) is 0 Å². The van der Waals surface area contributed by atoms with E-state index < -0.39 is 0 Å². The molecule has 1 aromatic heterocycles. The van der Waals surface area contributed by atoms with Crippen molar-refractivity contribution < 1.29 is 0 Å². The normalized spacial score (nSPS) is 11.2. The number of nitrogens with one attached hydrogen (secondary N) is 1. The quantitative estimate of drug-likeness (QED) is 0.676. The summed E-state index contributed by atoms with van der Waals surface area (Å²) >= 11 is 0. The van der Waals surface area contributed by atoms with E-state index in [4.69, 9.17) is 0 Å². The van der Waals surface area contributed by atoms with Gasteiger partial charge in [-0.3, -0.25) is 4.68 Å². The molecule has 4 nitrogen and oxygen atoms in total. The number of hydrogen-bond acceptors (Lipinski definition) is 3. The molecule has 1 N–H and O–H groups in total. The average Bonchev–Trinajstić information content (AvgIpc) is 2.65. The number of nitrogens with zero attached hydrogens (tertiary/aromatic N) is 3. The highest BCUT2D eigenvalue weighted by Crippen LogP contribution is 1.98. The summed E-state index contributed by atoms with van der Waals surface area (Å²) in [5.41, 5.74) is 1.28. The Morgan fingerprint density at radius 3 is 2.94 bits per heavy atom. The highest BCUT2D eigenvalue weighted by atomic mass is 15.3. The van der Waals surface area contributed by atoms with Gasteiger partial charge in [0.1, 0.15) is 0 Å².